The Morgan fingerprint density at radius 2 is 0.754 bits per heavy atom. The first-order chi connectivity index (χ1) is 27.9. The van der Waals surface area contributed by atoms with Crippen molar-refractivity contribution in [3.05, 3.63) is 174 Å². The van der Waals surface area contributed by atoms with Crippen molar-refractivity contribution in [3.63, 3.8) is 0 Å². The predicted octanol–water partition coefficient (Wildman–Crippen LogP) is 7.54. The molecule has 2 aliphatic carbocycles. The fraction of sp³-hybridized carbons (Fsp3) is 0.0196. The van der Waals surface area contributed by atoms with Crippen molar-refractivity contribution < 1.29 is 4.42 Å². The normalized spacial score (nSPS) is 13.4. The first-order valence-corrected chi connectivity index (χ1v) is 19.1. The molecule has 0 N–H and O–H groups in total. The highest BCUT2D eigenvalue weighted by Crippen LogP contribution is 2.65. The summed E-state index contributed by atoms with van der Waals surface area (Å²) in [6, 6.07) is 54.4. The molecule has 0 saturated carbocycles. The van der Waals surface area contributed by atoms with Gasteiger partial charge in [0.05, 0.1) is 5.41 Å². The van der Waals surface area contributed by atoms with Crippen LogP contribution in [-0.2, 0) is 5.41 Å². The summed E-state index contributed by atoms with van der Waals surface area (Å²) < 4.78 is 7.11. The van der Waals surface area contributed by atoms with E-state index in [-0.39, 0.29) is 16.4 Å². The Balaban J connectivity index is 1.31. The van der Waals surface area contributed by atoms with Gasteiger partial charge in [0.1, 0.15) is 50.4 Å². The molecule has 6 heteroatoms. The average molecular weight is 708 g/mol. The van der Waals surface area contributed by atoms with Crippen LogP contribution in [0.1, 0.15) is 22.3 Å². The van der Waals surface area contributed by atoms with Gasteiger partial charge >= 0.3 is 0 Å². The van der Waals surface area contributed by atoms with Crippen molar-refractivity contribution in [2.75, 3.05) is 0 Å². The van der Waals surface area contributed by atoms with Gasteiger partial charge < -0.3 is 4.42 Å². The molecule has 0 amide bonds. The molecule has 0 fully saturated rings. The molecule has 0 unspecified atom stereocenters. The third-order valence-electron chi connectivity index (χ3n) is 12.8. The van der Waals surface area contributed by atoms with E-state index >= 15 is 0 Å². The average Bonchev–Trinajstić information content (AvgIpc) is 3.89. The van der Waals surface area contributed by atoms with E-state index < -0.39 is 5.41 Å². The number of furan rings is 1. The molecule has 10 radical (unpaired) electrons. The lowest BCUT2D eigenvalue weighted by atomic mass is 9.59. The second-order valence-electron chi connectivity index (χ2n) is 15.3. The predicted molar refractivity (Wildman–Crippen MR) is 243 cm³/mol. The maximum atomic E-state index is 7.11. The molecule has 0 atom stereocenters. The van der Waals surface area contributed by atoms with Gasteiger partial charge in [0.25, 0.3) is 0 Å². The van der Waals surface area contributed by atoms with Crippen LogP contribution in [0, 0.1) is 0 Å². The number of hydrogen-bond donors (Lipinski definition) is 0. The van der Waals surface area contributed by atoms with E-state index in [1.54, 1.807) is 0 Å². The van der Waals surface area contributed by atoms with Gasteiger partial charge in [-0.05, 0) is 94.9 Å². The molecule has 0 saturated heterocycles. The summed E-state index contributed by atoms with van der Waals surface area (Å²) in [7, 11) is 33.0. The minimum Gasteiger partial charge on any atom is -0.455 e. The summed E-state index contributed by atoms with van der Waals surface area (Å²) in [6.45, 7) is 0. The van der Waals surface area contributed by atoms with Crippen molar-refractivity contribution >= 4 is 110 Å². The Labute approximate surface area is 336 Å². The minimum absolute atomic E-state index is 0.191. The Hall–Kier alpha value is -6.38. The lowest BCUT2D eigenvalue weighted by Crippen LogP contribution is -2.55. The first kappa shape index (κ1) is 32.8. The molecule has 2 aliphatic rings. The van der Waals surface area contributed by atoms with Gasteiger partial charge in [0.15, 0.2) is 0 Å². The van der Waals surface area contributed by atoms with Crippen molar-refractivity contribution in [2.24, 2.45) is 0 Å². The minimum atomic E-state index is -0.575. The molecule has 0 aliphatic heterocycles. The van der Waals surface area contributed by atoms with Crippen molar-refractivity contribution in [1.82, 2.24) is 0 Å². The zero-order chi connectivity index (χ0) is 38.3. The summed E-state index contributed by atoms with van der Waals surface area (Å²) in [5, 5.41) is 6.11. The van der Waals surface area contributed by atoms with Gasteiger partial charge in [0.2, 0.25) is 0 Å². The van der Waals surface area contributed by atoms with E-state index in [0.29, 0.717) is 16.5 Å². The van der Waals surface area contributed by atoms with Crippen molar-refractivity contribution in [3.8, 4) is 44.5 Å². The van der Waals surface area contributed by atoms with Crippen molar-refractivity contribution in [2.45, 2.75) is 5.41 Å². The summed E-state index contributed by atoms with van der Waals surface area (Å²) in [5.41, 5.74) is 15.8. The Kier molecular flexibility index (Phi) is 6.67. The standard InChI is InChI=1S/C51H25B5O/c52-45-44(46(53)48(55)49(56)47(45)54)41-30-17-3-1-15-28(30)40(29-16-2-4-18-31(29)41)34-25-38-43(50-42(34)33-20-8-12-24-39(33)57-50)32-19-7-11-23-37(32)51(38)35-21-9-5-13-26(35)27-14-6-10-22-36(27)51/h1-25H. The van der Waals surface area contributed by atoms with Crippen LogP contribution < -0.4 is 27.3 Å². The molecule has 1 aromatic heterocycles. The van der Waals surface area contributed by atoms with Crippen LogP contribution in [0.15, 0.2) is 156 Å². The molecule has 1 spiro atoms. The van der Waals surface area contributed by atoms with Gasteiger partial charge in [-0.2, -0.15) is 0 Å². The molecule has 250 valence electrons. The Morgan fingerprint density at radius 1 is 0.333 bits per heavy atom. The van der Waals surface area contributed by atoms with E-state index in [0.717, 1.165) is 65.7 Å². The van der Waals surface area contributed by atoms with Crippen molar-refractivity contribution in [1.29, 1.82) is 0 Å². The molecule has 10 aromatic rings. The zero-order valence-corrected chi connectivity index (χ0v) is 30.7. The zero-order valence-electron chi connectivity index (χ0n) is 30.7. The van der Waals surface area contributed by atoms with E-state index in [1.165, 1.54) is 38.9 Å². The number of para-hydroxylation sites is 1. The van der Waals surface area contributed by atoms with Crippen LogP contribution in [0.4, 0.5) is 0 Å². The largest absolute Gasteiger partial charge is 0.455 e. The summed E-state index contributed by atoms with van der Waals surface area (Å²) in [6.07, 6.45) is 0. The number of benzene rings is 9. The lowest BCUT2D eigenvalue weighted by Gasteiger charge is -2.31. The highest BCUT2D eigenvalue weighted by Gasteiger charge is 2.52. The number of fused-ring (bicyclic) bond motifs is 16. The fourth-order valence-corrected chi connectivity index (χ4v) is 10.5. The molecule has 1 heterocycles. The van der Waals surface area contributed by atoms with E-state index in [9.17, 15) is 0 Å². The quantitative estimate of drug-likeness (QED) is 0.134. The highest BCUT2D eigenvalue weighted by atomic mass is 16.3. The highest BCUT2D eigenvalue weighted by molar-refractivity contribution is 6.69. The van der Waals surface area contributed by atoms with Crippen LogP contribution in [0.3, 0.4) is 0 Å². The molecule has 12 rings (SSSR count). The topological polar surface area (TPSA) is 13.1 Å². The van der Waals surface area contributed by atoms with Gasteiger partial charge in [0, 0.05) is 16.3 Å². The molecular weight excluding hydrogens is 683 g/mol. The van der Waals surface area contributed by atoms with Crippen LogP contribution in [0.2, 0.25) is 0 Å². The lowest BCUT2D eigenvalue weighted by molar-refractivity contribution is 0.669. The fourth-order valence-electron chi connectivity index (χ4n) is 10.5. The Morgan fingerprint density at radius 3 is 1.32 bits per heavy atom. The van der Waals surface area contributed by atoms with Gasteiger partial charge in [-0.3, -0.25) is 0 Å². The smallest absolute Gasteiger partial charge is 0.144 e. The molecule has 9 aromatic carbocycles. The number of hydrogen-bond acceptors (Lipinski definition) is 1. The van der Waals surface area contributed by atoms with Crippen LogP contribution in [0.5, 0.6) is 0 Å². The molecule has 0 bridgehead atoms. The summed E-state index contributed by atoms with van der Waals surface area (Å²) in [4.78, 5) is 0. The SMILES string of the molecule is [B]c1c([B])c([B])c(-c2c3ccccc3c(-c3cc4c(c5oc6ccccc6c35)-c3ccccc3C43c4ccccc4-c4ccccc43)c3ccccc23)c([B])c1[B]. The monoisotopic (exact) mass is 708 g/mol. The van der Waals surface area contributed by atoms with Gasteiger partial charge in [-0.25, -0.2) is 0 Å². The van der Waals surface area contributed by atoms with Gasteiger partial charge in [-0.15, -0.1) is 16.4 Å². The van der Waals surface area contributed by atoms with E-state index in [1.807, 2.05) is 18.2 Å². The molecule has 57 heavy (non-hydrogen) atoms. The maximum Gasteiger partial charge on any atom is 0.144 e. The summed E-state index contributed by atoms with van der Waals surface area (Å²) >= 11 is 0. The third-order valence-corrected chi connectivity index (χ3v) is 12.8. The number of rotatable bonds is 2. The second kappa shape index (κ2) is 11.6. The summed E-state index contributed by atoms with van der Waals surface area (Å²) in [5.74, 6) is 0. The van der Waals surface area contributed by atoms with Crippen LogP contribution >= 0.6 is 0 Å². The van der Waals surface area contributed by atoms with E-state index in [4.69, 9.17) is 43.6 Å². The van der Waals surface area contributed by atoms with Gasteiger partial charge in [-0.1, -0.05) is 150 Å². The molecular formula is C51H25B5O. The van der Waals surface area contributed by atoms with Crippen LogP contribution in [-0.4, -0.2) is 39.2 Å². The third kappa shape index (κ3) is 4.01. The molecule has 1 nitrogen and oxygen atoms in total. The Bertz CT molecular complexity index is 3300. The van der Waals surface area contributed by atoms with Crippen LogP contribution in [0.25, 0.3) is 88.0 Å². The second-order valence-corrected chi connectivity index (χ2v) is 15.3. The van der Waals surface area contributed by atoms with E-state index in [2.05, 4.69) is 133 Å². The first-order valence-electron chi connectivity index (χ1n) is 19.1. The maximum absolute atomic E-state index is 7.11.